The topological polar surface area (TPSA) is 55.4 Å². The summed E-state index contributed by atoms with van der Waals surface area (Å²) < 4.78 is 4.91. The number of esters is 1. The fraction of sp³-hybridized carbons (Fsp3) is 0.600. The molecule has 1 rings (SSSR count). The molecular weight excluding hydrogens is 182 g/mol. The molecule has 1 aliphatic rings. The molecular formula is C10H15NO3. The number of nitrogens with one attached hydrogen (secondary N) is 1. The Morgan fingerprint density at radius 3 is 2.79 bits per heavy atom. The Bertz CT molecular complexity index is 294. The molecule has 0 bridgehead atoms. The van der Waals surface area contributed by atoms with E-state index < -0.39 is 0 Å². The predicted octanol–water partition coefficient (Wildman–Crippen LogP) is 0.980. The molecule has 1 N–H and O–H groups in total. The summed E-state index contributed by atoms with van der Waals surface area (Å²) in [6, 6.07) is 0. The van der Waals surface area contributed by atoms with Crippen molar-refractivity contribution in [3.05, 3.63) is 11.3 Å². The molecule has 78 valence electrons. The van der Waals surface area contributed by atoms with E-state index in [0.29, 0.717) is 24.3 Å². The average molecular weight is 197 g/mol. The first-order valence-electron chi connectivity index (χ1n) is 4.74. The molecule has 0 radical (unpaired) electrons. The monoisotopic (exact) mass is 197 g/mol. The van der Waals surface area contributed by atoms with E-state index in [2.05, 4.69) is 5.32 Å². The van der Waals surface area contributed by atoms with Gasteiger partial charge in [0.05, 0.1) is 12.2 Å². The van der Waals surface area contributed by atoms with Crippen molar-refractivity contribution in [2.24, 2.45) is 5.92 Å². The van der Waals surface area contributed by atoms with Crippen LogP contribution in [0, 0.1) is 5.92 Å². The van der Waals surface area contributed by atoms with Gasteiger partial charge < -0.3 is 10.1 Å². The SMILES string of the molecule is CCOC(=O)C1=C(C)NC(=O)CC1C. The van der Waals surface area contributed by atoms with Crippen molar-refractivity contribution >= 4 is 11.9 Å². The Hall–Kier alpha value is -1.32. The smallest absolute Gasteiger partial charge is 0.336 e. The molecule has 1 heterocycles. The maximum absolute atomic E-state index is 11.5. The van der Waals surface area contributed by atoms with Gasteiger partial charge in [0.1, 0.15) is 0 Å². The zero-order valence-electron chi connectivity index (χ0n) is 8.72. The van der Waals surface area contributed by atoms with Crippen LogP contribution in [0.2, 0.25) is 0 Å². The van der Waals surface area contributed by atoms with Crippen LogP contribution in [-0.4, -0.2) is 18.5 Å². The van der Waals surface area contributed by atoms with Crippen LogP contribution in [0.15, 0.2) is 11.3 Å². The van der Waals surface area contributed by atoms with Crippen molar-refractivity contribution in [3.63, 3.8) is 0 Å². The van der Waals surface area contributed by atoms with E-state index in [1.165, 1.54) is 0 Å². The molecule has 0 spiro atoms. The first-order valence-corrected chi connectivity index (χ1v) is 4.74. The molecule has 0 aromatic carbocycles. The highest BCUT2D eigenvalue weighted by Crippen LogP contribution is 2.23. The molecule has 0 aromatic heterocycles. The molecule has 1 aliphatic heterocycles. The van der Waals surface area contributed by atoms with Crippen molar-refractivity contribution < 1.29 is 14.3 Å². The first kappa shape index (κ1) is 10.8. The molecule has 1 atom stereocenters. The van der Waals surface area contributed by atoms with E-state index in [1.807, 2.05) is 6.92 Å². The van der Waals surface area contributed by atoms with Gasteiger partial charge in [-0.1, -0.05) is 6.92 Å². The van der Waals surface area contributed by atoms with Gasteiger partial charge in [0.15, 0.2) is 0 Å². The van der Waals surface area contributed by atoms with Gasteiger partial charge in [-0.2, -0.15) is 0 Å². The number of rotatable bonds is 2. The number of ether oxygens (including phenoxy) is 1. The van der Waals surface area contributed by atoms with E-state index in [1.54, 1.807) is 13.8 Å². The van der Waals surface area contributed by atoms with Crippen LogP contribution in [0.3, 0.4) is 0 Å². The van der Waals surface area contributed by atoms with Gasteiger partial charge in [0, 0.05) is 12.1 Å². The maximum Gasteiger partial charge on any atom is 0.336 e. The minimum Gasteiger partial charge on any atom is -0.463 e. The van der Waals surface area contributed by atoms with E-state index in [-0.39, 0.29) is 17.8 Å². The van der Waals surface area contributed by atoms with E-state index in [9.17, 15) is 9.59 Å². The summed E-state index contributed by atoms with van der Waals surface area (Å²) >= 11 is 0. The normalized spacial score (nSPS) is 21.9. The molecule has 0 aromatic rings. The molecule has 0 saturated heterocycles. The lowest BCUT2D eigenvalue weighted by Gasteiger charge is -2.22. The number of allylic oxidation sites excluding steroid dienone is 1. The summed E-state index contributed by atoms with van der Waals surface area (Å²) in [5, 5.41) is 2.64. The van der Waals surface area contributed by atoms with Crippen molar-refractivity contribution in [1.82, 2.24) is 5.32 Å². The second kappa shape index (κ2) is 4.26. The number of amides is 1. The van der Waals surface area contributed by atoms with Crippen LogP contribution in [0.4, 0.5) is 0 Å². The van der Waals surface area contributed by atoms with Crippen LogP contribution in [0.5, 0.6) is 0 Å². The van der Waals surface area contributed by atoms with Gasteiger partial charge in [-0.3, -0.25) is 4.79 Å². The highest BCUT2D eigenvalue weighted by Gasteiger charge is 2.27. The van der Waals surface area contributed by atoms with E-state index in [0.717, 1.165) is 0 Å². The third kappa shape index (κ3) is 2.13. The van der Waals surface area contributed by atoms with Crippen LogP contribution in [0.1, 0.15) is 27.2 Å². The van der Waals surface area contributed by atoms with Crippen molar-refractivity contribution in [2.75, 3.05) is 6.61 Å². The lowest BCUT2D eigenvalue weighted by atomic mass is 9.92. The molecule has 14 heavy (non-hydrogen) atoms. The molecule has 0 fully saturated rings. The molecule has 0 aliphatic carbocycles. The zero-order valence-corrected chi connectivity index (χ0v) is 8.72. The Morgan fingerprint density at radius 2 is 2.29 bits per heavy atom. The fourth-order valence-corrected chi connectivity index (χ4v) is 1.64. The first-order chi connectivity index (χ1) is 6.56. The maximum atomic E-state index is 11.5. The van der Waals surface area contributed by atoms with Crippen molar-refractivity contribution in [2.45, 2.75) is 27.2 Å². The lowest BCUT2D eigenvalue weighted by Crippen LogP contribution is -2.34. The predicted molar refractivity (Wildman–Crippen MR) is 51.3 cm³/mol. The number of hydrogen-bond acceptors (Lipinski definition) is 3. The molecule has 4 nitrogen and oxygen atoms in total. The molecule has 4 heteroatoms. The second-order valence-electron chi connectivity index (χ2n) is 3.41. The van der Waals surface area contributed by atoms with Crippen molar-refractivity contribution in [3.8, 4) is 0 Å². The summed E-state index contributed by atoms with van der Waals surface area (Å²) in [5.74, 6) is -0.414. The van der Waals surface area contributed by atoms with Crippen LogP contribution in [0.25, 0.3) is 0 Å². The lowest BCUT2D eigenvalue weighted by molar-refractivity contribution is -0.139. The third-order valence-electron chi connectivity index (χ3n) is 2.21. The Labute approximate surface area is 83.3 Å². The van der Waals surface area contributed by atoms with E-state index >= 15 is 0 Å². The molecule has 1 amide bonds. The number of hydrogen-bond donors (Lipinski definition) is 1. The van der Waals surface area contributed by atoms with Gasteiger partial charge >= 0.3 is 5.97 Å². The van der Waals surface area contributed by atoms with E-state index in [4.69, 9.17) is 4.74 Å². The second-order valence-corrected chi connectivity index (χ2v) is 3.41. The largest absolute Gasteiger partial charge is 0.463 e. The Morgan fingerprint density at radius 1 is 1.64 bits per heavy atom. The summed E-state index contributed by atoms with van der Waals surface area (Å²) in [5.41, 5.74) is 1.21. The summed E-state index contributed by atoms with van der Waals surface area (Å²) in [4.78, 5) is 22.6. The van der Waals surface area contributed by atoms with Crippen molar-refractivity contribution in [1.29, 1.82) is 0 Å². The molecule has 0 saturated carbocycles. The van der Waals surface area contributed by atoms with Crippen LogP contribution in [-0.2, 0) is 14.3 Å². The Kier molecular flexibility index (Phi) is 3.28. The summed E-state index contributed by atoms with van der Waals surface area (Å²) in [7, 11) is 0. The van der Waals surface area contributed by atoms with Crippen LogP contribution >= 0.6 is 0 Å². The summed E-state index contributed by atoms with van der Waals surface area (Å²) in [6.45, 7) is 5.70. The fourth-order valence-electron chi connectivity index (χ4n) is 1.64. The number of carbonyl (C=O) groups is 2. The summed E-state index contributed by atoms with van der Waals surface area (Å²) in [6.07, 6.45) is 0.353. The average Bonchev–Trinajstić information content (AvgIpc) is 2.01. The quantitative estimate of drug-likeness (QED) is 0.671. The van der Waals surface area contributed by atoms with Gasteiger partial charge in [-0.05, 0) is 19.8 Å². The molecule has 1 unspecified atom stereocenters. The minimum absolute atomic E-state index is 0.0388. The van der Waals surface area contributed by atoms with Gasteiger partial charge in [-0.15, -0.1) is 0 Å². The van der Waals surface area contributed by atoms with Crippen LogP contribution < -0.4 is 5.32 Å². The number of carbonyl (C=O) groups excluding carboxylic acids is 2. The third-order valence-corrected chi connectivity index (χ3v) is 2.21. The highest BCUT2D eigenvalue weighted by atomic mass is 16.5. The Balaban J connectivity index is 2.88. The highest BCUT2D eigenvalue weighted by molar-refractivity contribution is 5.94. The van der Waals surface area contributed by atoms with Gasteiger partial charge in [0.25, 0.3) is 0 Å². The minimum atomic E-state index is -0.322. The van der Waals surface area contributed by atoms with Gasteiger partial charge in [0.2, 0.25) is 5.91 Å². The zero-order chi connectivity index (χ0) is 10.7. The van der Waals surface area contributed by atoms with Gasteiger partial charge in [-0.25, -0.2) is 4.79 Å². The standard InChI is InChI=1S/C10H15NO3/c1-4-14-10(13)9-6(2)5-8(12)11-7(9)3/h6H,4-5H2,1-3H3,(H,11,12).